The lowest BCUT2D eigenvalue weighted by Gasteiger charge is -2.55. The number of Topliss-reactive ketones (excluding diaryl/α,β-unsaturated/α-hetero) is 1. The van der Waals surface area contributed by atoms with E-state index in [0.717, 1.165) is 18.2 Å². The van der Waals surface area contributed by atoms with Crippen LogP contribution in [-0.2, 0) is 19.7 Å². The van der Waals surface area contributed by atoms with Gasteiger partial charge in [0.1, 0.15) is 0 Å². The average Bonchev–Trinajstić information content (AvgIpc) is 3.10. The Morgan fingerprint density at radius 2 is 1.88 bits per heavy atom. The highest BCUT2D eigenvalue weighted by Gasteiger charge is 2.61. The zero-order chi connectivity index (χ0) is 16.8. The quantitative estimate of drug-likeness (QED) is 0.633. The minimum Gasteiger partial charge on any atom is -0.515 e. The highest BCUT2D eigenvalue weighted by Crippen LogP contribution is 2.58. The largest absolute Gasteiger partial charge is 0.515 e. The average molecular weight is 328 g/mol. The first-order valence-electron chi connectivity index (χ1n) is 8.85. The number of ether oxygens (including phenoxy) is 2. The van der Waals surface area contributed by atoms with E-state index in [1.54, 1.807) is 0 Å². The molecule has 1 aromatic carbocycles. The Bertz CT molecular complexity index is 659. The molecule has 1 aromatic rings. The van der Waals surface area contributed by atoms with E-state index in [1.165, 1.54) is 0 Å². The standard InChI is InChI=1S/C20H24O4/c1-14-17-8-7-15(13-21)18(22)19(17,16-5-3-2-4-6-16)9-10-20(14)23-11-12-24-20/h2-6,13-14,17,21H,7-12H2,1H3/t14-,17-,19+/m0/s1. The summed E-state index contributed by atoms with van der Waals surface area (Å²) < 4.78 is 12.0. The maximum Gasteiger partial charge on any atom is 0.172 e. The monoisotopic (exact) mass is 328 g/mol. The summed E-state index contributed by atoms with van der Waals surface area (Å²) in [5.41, 5.74) is 1.03. The van der Waals surface area contributed by atoms with Crippen LogP contribution in [0.25, 0.3) is 0 Å². The van der Waals surface area contributed by atoms with E-state index in [0.29, 0.717) is 38.0 Å². The summed E-state index contributed by atoms with van der Waals surface area (Å²) in [6.07, 6.45) is 3.91. The molecule has 4 rings (SSSR count). The molecule has 1 aliphatic heterocycles. The van der Waals surface area contributed by atoms with Crippen molar-refractivity contribution >= 4 is 5.78 Å². The zero-order valence-electron chi connectivity index (χ0n) is 14.0. The molecule has 3 fully saturated rings. The molecule has 0 bridgehead atoms. The van der Waals surface area contributed by atoms with Crippen molar-refractivity contribution in [3.05, 3.63) is 47.7 Å². The number of hydrogen-bond acceptors (Lipinski definition) is 4. The number of rotatable bonds is 1. The molecule has 0 amide bonds. The van der Waals surface area contributed by atoms with Crippen LogP contribution in [0.3, 0.4) is 0 Å². The molecule has 3 aliphatic rings. The predicted molar refractivity (Wildman–Crippen MR) is 89.6 cm³/mol. The third-order valence-electron chi connectivity index (χ3n) is 6.44. The summed E-state index contributed by atoms with van der Waals surface area (Å²) >= 11 is 0. The van der Waals surface area contributed by atoms with Gasteiger partial charge in [-0.2, -0.15) is 0 Å². The maximum atomic E-state index is 13.4. The van der Waals surface area contributed by atoms with Gasteiger partial charge in [-0.25, -0.2) is 0 Å². The first-order chi connectivity index (χ1) is 11.6. The molecule has 1 heterocycles. The molecule has 128 valence electrons. The summed E-state index contributed by atoms with van der Waals surface area (Å²) in [5, 5.41) is 9.55. The summed E-state index contributed by atoms with van der Waals surface area (Å²) in [4.78, 5) is 13.4. The maximum absolute atomic E-state index is 13.4. The summed E-state index contributed by atoms with van der Waals surface area (Å²) in [5.74, 6) is -0.169. The number of carbonyl (C=O) groups excluding carboxylic acids is 1. The minimum atomic E-state index is -0.575. The smallest absolute Gasteiger partial charge is 0.172 e. The van der Waals surface area contributed by atoms with E-state index in [-0.39, 0.29) is 17.6 Å². The Kier molecular flexibility index (Phi) is 3.77. The second-order valence-corrected chi connectivity index (χ2v) is 7.26. The second-order valence-electron chi connectivity index (χ2n) is 7.26. The molecular weight excluding hydrogens is 304 g/mol. The van der Waals surface area contributed by atoms with Crippen molar-refractivity contribution in [2.45, 2.75) is 43.8 Å². The van der Waals surface area contributed by atoms with Crippen molar-refractivity contribution < 1.29 is 19.4 Å². The minimum absolute atomic E-state index is 0.0761. The van der Waals surface area contributed by atoms with Gasteiger partial charge in [0, 0.05) is 17.9 Å². The van der Waals surface area contributed by atoms with Gasteiger partial charge in [-0.05, 0) is 30.7 Å². The second kappa shape index (κ2) is 5.71. The molecule has 3 atom stereocenters. The summed E-state index contributed by atoms with van der Waals surface area (Å²) in [7, 11) is 0. The van der Waals surface area contributed by atoms with Gasteiger partial charge >= 0.3 is 0 Å². The number of fused-ring (bicyclic) bond motifs is 1. The van der Waals surface area contributed by atoms with Crippen LogP contribution >= 0.6 is 0 Å². The van der Waals surface area contributed by atoms with E-state index < -0.39 is 11.2 Å². The van der Waals surface area contributed by atoms with Crippen LogP contribution in [0.5, 0.6) is 0 Å². The molecule has 0 unspecified atom stereocenters. The molecule has 1 saturated heterocycles. The topological polar surface area (TPSA) is 55.8 Å². The normalized spacial score (nSPS) is 36.9. The summed E-state index contributed by atoms with van der Waals surface area (Å²) in [6.45, 7) is 3.42. The SMILES string of the molecule is C[C@H]1[C@@H]2CCC(=CO)C(=O)[C@@]2(c2ccccc2)CCC12OCCO2. The number of allylic oxidation sites excluding steroid dienone is 1. The highest BCUT2D eigenvalue weighted by molar-refractivity contribution is 6.04. The van der Waals surface area contributed by atoms with Gasteiger partial charge in [-0.1, -0.05) is 37.3 Å². The highest BCUT2D eigenvalue weighted by atomic mass is 16.7. The molecule has 24 heavy (non-hydrogen) atoms. The molecular formula is C20H24O4. The van der Waals surface area contributed by atoms with E-state index in [2.05, 4.69) is 6.92 Å². The summed E-state index contributed by atoms with van der Waals surface area (Å²) in [6, 6.07) is 10.0. The molecule has 0 aromatic heterocycles. The van der Waals surface area contributed by atoms with E-state index >= 15 is 0 Å². The number of benzene rings is 1. The third-order valence-corrected chi connectivity index (χ3v) is 6.44. The number of aliphatic hydroxyl groups excluding tert-OH is 1. The Hall–Kier alpha value is -1.65. The number of aliphatic hydroxyl groups is 1. The molecule has 1 N–H and O–H groups in total. The fourth-order valence-corrected chi connectivity index (χ4v) is 5.23. The Morgan fingerprint density at radius 1 is 1.17 bits per heavy atom. The zero-order valence-corrected chi connectivity index (χ0v) is 14.0. The first kappa shape index (κ1) is 15.9. The van der Waals surface area contributed by atoms with E-state index in [9.17, 15) is 9.90 Å². The van der Waals surface area contributed by atoms with Crippen molar-refractivity contribution in [2.75, 3.05) is 13.2 Å². The lowest BCUT2D eigenvalue weighted by Crippen LogP contribution is -2.59. The number of carbonyl (C=O) groups is 1. The van der Waals surface area contributed by atoms with Crippen LogP contribution < -0.4 is 0 Å². The van der Waals surface area contributed by atoms with Crippen molar-refractivity contribution in [2.24, 2.45) is 11.8 Å². The van der Waals surface area contributed by atoms with Crippen LogP contribution in [-0.4, -0.2) is 29.9 Å². The van der Waals surface area contributed by atoms with Crippen LogP contribution in [0.1, 0.15) is 38.2 Å². The predicted octanol–water partition coefficient (Wildman–Crippen LogP) is 3.52. The van der Waals surface area contributed by atoms with Gasteiger partial charge in [-0.3, -0.25) is 4.79 Å². The lowest BCUT2D eigenvalue weighted by molar-refractivity contribution is -0.234. The third kappa shape index (κ3) is 2.02. The Morgan fingerprint density at radius 3 is 2.54 bits per heavy atom. The lowest BCUT2D eigenvalue weighted by atomic mass is 9.51. The molecule has 2 saturated carbocycles. The van der Waals surface area contributed by atoms with Gasteiger partial charge in [0.25, 0.3) is 0 Å². The molecule has 1 spiro atoms. The molecule has 4 heteroatoms. The van der Waals surface area contributed by atoms with Crippen molar-refractivity contribution in [1.29, 1.82) is 0 Å². The van der Waals surface area contributed by atoms with Crippen LogP contribution in [0.15, 0.2) is 42.2 Å². The fourth-order valence-electron chi connectivity index (χ4n) is 5.23. The van der Waals surface area contributed by atoms with Crippen molar-refractivity contribution in [3.63, 3.8) is 0 Å². The van der Waals surface area contributed by atoms with Gasteiger partial charge in [0.2, 0.25) is 0 Å². The van der Waals surface area contributed by atoms with Crippen LogP contribution in [0.4, 0.5) is 0 Å². The van der Waals surface area contributed by atoms with Gasteiger partial charge in [-0.15, -0.1) is 0 Å². The van der Waals surface area contributed by atoms with Gasteiger partial charge < -0.3 is 14.6 Å². The van der Waals surface area contributed by atoms with Crippen LogP contribution in [0, 0.1) is 11.8 Å². The van der Waals surface area contributed by atoms with E-state index in [4.69, 9.17) is 9.47 Å². The van der Waals surface area contributed by atoms with Crippen LogP contribution in [0.2, 0.25) is 0 Å². The van der Waals surface area contributed by atoms with Crippen molar-refractivity contribution in [1.82, 2.24) is 0 Å². The van der Waals surface area contributed by atoms with Gasteiger partial charge in [0.15, 0.2) is 11.6 Å². The van der Waals surface area contributed by atoms with Crippen molar-refractivity contribution in [3.8, 4) is 0 Å². The fraction of sp³-hybridized carbons (Fsp3) is 0.550. The molecule has 0 radical (unpaired) electrons. The van der Waals surface area contributed by atoms with Gasteiger partial charge in [0.05, 0.1) is 24.9 Å². The molecule has 4 nitrogen and oxygen atoms in total. The van der Waals surface area contributed by atoms with E-state index in [1.807, 2.05) is 30.3 Å². The first-order valence-corrected chi connectivity index (χ1v) is 8.85. The number of hydrogen-bond donors (Lipinski definition) is 1. The number of ketones is 1. The Labute approximate surface area is 142 Å². The Balaban J connectivity index is 1.83. The molecule has 2 aliphatic carbocycles.